The van der Waals surface area contributed by atoms with Crippen molar-refractivity contribution in [2.24, 2.45) is 11.8 Å². The predicted molar refractivity (Wildman–Crippen MR) is 72.0 cm³/mol. The molecule has 4 nitrogen and oxygen atoms in total. The summed E-state index contributed by atoms with van der Waals surface area (Å²) < 4.78 is 0. The van der Waals surface area contributed by atoms with Crippen molar-refractivity contribution in [3.63, 3.8) is 0 Å². The maximum absolute atomic E-state index is 11.9. The van der Waals surface area contributed by atoms with Crippen LogP contribution in [0.25, 0.3) is 0 Å². The number of carbonyl (C=O) groups is 2. The Balaban J connectivity index is 2.52. The van der Waals surface area contributed by atoms with E-state index in [2.05, 4.69) is 19.2 Å². The quantitative estimate of drug-likeness (QED) is 0.735. The fourth-order valence-electron chi connectivity index (χ4n) is 2.43. The average Bonchev–Trinajstić information content (AvgIpc) is 2.27. The number of rotatable bonds is 6. The first-order valence-electron chi connectivity index (χ1n) is 7.00. The van der Waals surface area contributed by atoms with E-state index in [1.54, 1.807) is 4.90 Å². The molecule has 1 saturated heterocycles. The van der Waals surface area contributed by atoms with E-state index in [0.29, 0.717) is 12.5 Å². The molecule has 0 aromatic rings. The third-order valence-corrected chi connectivity index (χ3v) is 3.40. The SMILES string of the molecule is CC(C)CCCCN1C(=O)CNC(=O)C1C(C)C. The fraction of sp³-hybridized carbons (Fsp3) is 0.857. The topological polar surface area (TPSA) is 49.4 Å². The second-order valence-electron chi connectivity index (χ2n) is 5.88. The van der Waals surface area contributed by atoms with Gasteiger partial charge in [0.1, 0.15) is 6.04 Å². The Morgan fingerprint density at radius 1 is 1.22 bits per heavy atom. The molecule has 0 aromatic heterocycles. The normalized spacial score (nSPS) is 20.8. The Hall–Kier alpha value is -1.06. The summed E-state index contributed by atoms with van der Waals surface area (Å²) in [7, 11) is 0. The van der Waals surface area contributed by atoms with E-state index >= 15 is 0 Å². The van der Waals surface area contributed by atoms with Crippen LogP contribution in [0.5, 0.6) is 0 Å². The van der Waals surface area contributed by atoms with Crippen LogP contribution in [0.2, 0.25) is 0 Å². The largest absolute Gasteiger partial charge is 0.345 e. The van der Waals surface area contributed by atoms with Gasteiger partial charge in [-0.2, -0.15) is 0 Å². The van der Waals surface area contributed by atoms with E-state index in [9.17, 15) is 9.59 Å². The first kappa shape index (κ1) is 15.0. The van der Waals surface area contributed by atoms with Crippen molar-refractivity contribution < 1.29 is 9.59 Å². The van der Waals surface area contributed by atoms with Gasteiger partial charge in [0.25, 0.3) is 0 Å². The molecular formula is C14H26N2O2. The lowest BCUT2D eigenvalue weighted by Crippen LogP contribution is -2.60. The van der Waals surface area contributed by atoms with Crippen molar-refractivity contribution >= 4 is 11.8 Å². The molecule has 4 heteroatoms. The van der Waals surface area contributed by atoms with Crippen LogP contribution in [0.4, 0.5) is 0 Å². The highest BCUT2D eigenvalue weighted by Crippen LogP contribution is 2.16. The molecule has 0 saturated carbocycles. The van der Waals surface area contributed by atoms with Gasteiger partial charge >= 0.3 is 0 Å². The van der Waals surface area contributed by atoms with Gasteiger partial charge in [-0.25, -0.2) is 0 Å². The highest BCUT2D eigenvalue weighted by atomic mass is 16.2. The van der Waals surface area contributed by atoms with Crippen LogP contribution < -0.4 is 5.32 Å². The molecule has 0 bridgehead atoms. The van der Waals surface area contributed by atoms with Gasteiger partial charge in [0, 0.05) is 6.54 Å². The second kappa shape index (κ2) is 6.76. The minimum Gasteiger partial charge on any atom is -0.345 e. The molecule has 1 aliphatic rings. The summed E-state index contributed by atoms with van der Waals surface area (Å²) in [6, 6.07) is -0.287. The van der Waals surface area contributed by atoms with Crippen LogP contribution >= 0.6 is 0 Å². The number of carbonyl (C=O) groups excluding carboxylic acids is 2. The Bertz CT molecular complexity index is 300. The van der Waals surface area contributed by atoms with Crippen molar-refractivity contribution in [1.29, 1.82) is 0 Å². The standard InChI is InChI=1S/C14H26N2O2/c1-10(2)7-5-6-8-16-12(17)9-15-14(18)13(16)11(3)4/h10-11,13H,5-9H2,1-4H3,(H,15,18). The van der Waals surface area contributed by atoms with Crippen LogP contribution in [-0.2, 0) is 9.59 Å². The molecule has 1 fully saturated rings. The Kier molecular flexibility index (Phi) is 5.63. The molecule has 1 atom stereocenters. The summed E-state index contributed by atoms with van der Waals surface area (Å²) in [6.45, 7) is 9.26. The first-order valence-corrected chi connectivity index (χ1v) is 7.00. The third kappa shape index (κ3) is 4.00. The van der Waals surface area contributed by atoms with Crippen molar-refractivity contribution in [2.75, 3.05) is 13.1 Å². The molecule has 104 valence electrons. The molecule has 1 N–H and O–H groups in total. The fourth-order valence-corrected chi connectivity index (χ4v) is 2.43. The molecule has 0 spiro atoms. The molecule has 18 heavy (non-hydrogen) atoms. The van der Waals surface area contributed by atoms with Gasteiger partial charge in [0.2, 0.25) is 11.8 Å². The van der Waals surface area contributed by atoms with Gasteiger partial charge in [0.05, 0.1) is 6.54 Å². The number of nitrogens with zero attached hydrogens (tertiary/aromatic N) is 1. The molecule has 0 aliphatic carbocycles. The molecule has 1 aliphatic heterocycles. The first-order chi connectivity index (χ1) is 8.43. The molecular weight excluding hydrogens is 228 g/mol. The van der Waals surface area contributed by atoms with Crippen molar-refractivity contribution in [3.8, 4) is 0 Å². The lowest BCUT2D eigenvalue weighted by molar-refractivity contribution is -0.147. The Labute approximate surface area is 110 Å². The number of unbranched alkanes of at least 4 members (excludes halogenated alkanes) is 1. The minimum atomic E-state index is -0.287. The molecule has 1 rings (SSSR count). The minimum absolute atomic E-state index is 0.00606. The Morgan fingerprint density at radius 2 is 1.89 bits per heavy atom. The summed E-state index contributed by atoms with van der Waals surface area (Å²) in [5, 5.41) is 2.67. The van der Waals surface area contributed by atoms with E-state index in [4.69, 9.17) is 0 Å². The third-order valence-electron chi connectivity index (χ3n) is 3.40. The van der Waals surface area contributed by atoms with Gasteiger partial charge in [-0.15, -0.1) is 0 Å². The van der Waals surface area contributed by atoms with E-state index in [-0.39, 0.29) is 30.3 Å². The van der Waals surface area contributed by atoms with E-state index in [1.165, 1.54) is 6.42 Å². The highest BCUT2D eigenvalue weighted by molar-refractivity contribution is 5.94. The van der Waals surface area contributed by atoms with Crippen molar-refractivity contribution in [1.82, 2.24) is 10.2 Å². The number of hydrogen-bond acceptors (Lipinski definition) is 2. The molecule has 0 radical (unpaired) electrons. The summed E-state index contributed by atoms with van der Waals surface area (Å²) >= 11 is 0. The zero-order chi connectivity index (χ0) is 13.7. The summed E-state index contributed by atoms with van der Waals surface area (Å²) in [5.41, 5.74) is 0. The van der Waals surface area contributed by atoms with Gasteiger partial charge < -0.3 is 10.2 Å². The monoisotopic (exact) mass is 254 g/mol. The molecule has 1 heterocycles. The van der Waals surface area contributed by atoms with Crippen molar-refractivity contribution in [2.45, 2.75) is 53.0 Å². The Morgan fingerprint density at radius 3 is 2.44 bits per heavy atom. The predicted octanol–water partition coefficient (Wildman–Crippen LogP) is 1.80. The lowest BCUT2D eigenvalue weighted by Gasteiger charge is -2.37. The summed E-state index contributed by atoms with van der Waals surface area (Å²) in [6.07, 6.45) is 3.29. The van der Waals surface area contributed by atoms with Gasteiger partial charge in [-0.05, 0) is 18.3 Å². The number of amides is 2. The van der Waals surface area contributed by atoms with E-state index in [1.807, 2.05) is 13.8 Å². The van der Waals surface area contributed by atoms with Crippen molar-refractivity contribution in [3.05, 3.63) is 0 Å². The van der Waals surface area contributed by atoms with Crippen LogP contribution in [0.3, 0.4) is 0 Å². The molecule has 1 unspecified atom stereocenters. The van der Waals surface area contributed by atoms with Crippen LogP contribution in [0, 0.1) is 11.8 Å². The molecule has 0 aromatic carbocycles. The summed E-state index contributed by atoms with van der Waals surface area (Å²) in [5.74, 6) is 0.914. The maximum atomic E-state index is 11.9. The lowest BCUT2D eigenvalue weighted by atomic mass is 9.98. The second-order valence-corrected chi connectivity index (χ2v) is 5.88. The summed E-state index contributed by atoms with van der Waals surface area (Å²) in [4.78, 5) is 25.5. The highest BCUT2D eigenvalue weighted by Gasteiger charge is 2.35. The number of piperazine rings is 1. The van der Waals surface area contributed by atoms with Crippen LogP contribution in [-0.4, -0.2) is 35.8 Å². The average molecular weight is 254 g/mol. The van der Waals surface area contributed by atoms with Gasteiger partial charge in [0.15, 0.2) is 0 Å². The zero-order valence-electron chi connectivity index (χ0n) is 12.0. The molecule has 2 amide bonds. The smallest absolute Gasteiger partial charge is 0.243 e. The maximum Gasteiger partial charge on any atom is 0.243 e. The van der Waals surface area contributed by atoms with E-state index in [0.717, 1.165) is 12.8 Å². The van der Waals surface area contributed by atoms with E-state index < -0.39 is 0 Å². The zero-order valence-corrected chi connectivity index (χ0v) is 12.0. The van der Waals surface area contributed by atoms with Crippen LogP contribution in [0.1, 0.15) is 47.0 Å². The number of nitrogens with one attached hydrogen (secondary N) is 1. The van der Waals surface area contributed by atoms with Gasteiger partial charge in [-0.1, -0.05) is 40.5 Å². The van der Waals surface area contributed by atoms with Gasteiger partial charge in [-0.3, -0.25) is 9.59 Å². The van der Waals surface area contributed by atoms with Crippen LogP contribution in [0.15, 0.2) is 0 Å². The number of hydrogen-bond donors (Lipinski definition) is 1.